The average Bonchev–Trinajstić information content (AvgIpc) is 3.13. The van der Waals surface area contributed by atoms with Crippen LogP contribution in [0.4, 0.5) is 0 Å². The van der Waals surface area contributed by atoms with Crippen LogP contribution in [0.3, 0.4) is 0 Å². The fraction of sp³-hybridized carbons (Fsp3) is 0.929. The number of fused-ring (bicyclic) bond motifs is 3. The van der Waals surface area contributed by atoms with Gasteiger partial charge in [-0.05, 0) is 128 Å². The van der Waals surface area contributed by atoms with Crippen molar-refractivity contribution in [1.82, 2.24) is 0 Å². The van der Waals surface area contributed by atoms with Gasteiger partial charge in [-0.2, -0.15) is 0 Å². The van der Waals surface area contributed by atoms with Crippen molar-refractivity contribution in [2.24, 2.45) is 55.7 Å². The lowest BCUT2D eigenvalue weighted by atomic mass is 9.23. The Morgan fingerprint density at radius 2 is 1.56 bits per heavy atom. The molecule has 15 unspecified atom stereocenters. The number of aliphatic hydroxyl groups is 6. The molecule has 7 aliphatic carbocycles. The predicted molar refractivity (Wildman–Crippen MR) is 192 cm³/mol. The summed E-state index contributed by atoms with van der Waals surface area (Å²) < 4.78 is 12.2. The van der Waals surface area contributed by atoms with Gasteiger partial charge in [0.15, 0.2) is 6.29 Å². The highest BCUT2D eigenvalue weighted by atomic mass is 16.7. The van der Waals surface area contributed by atoms with E-state index in [1.165, 1.54) is 12.0 Å². The first-order chi connectivity index (χ1) is 24.6. The van der Waals surface area contributed by atoms with Crippen LogP contribution < -0.4 is 0 Å². The zero-order valence-corrected chi connectivity index (χ0v) is 31.8. The molecule has 52 heavy (non-hydrogen) atoms. The maximum absolute atomic E-state index is 13.3. The predicted octanol–water partition coefficient (Wildman–Crippen LogP) is 4.71. The molecule has 0 aromatic rings. The van der Waals surface area contributed by atoms with E-state index >= 15 is 0 Å². The molecule has 7 fully saturated rings. The number of carboxylic acids is 1. The molecular weight excluding hydrogens is 664 g/mol. The largest absolute Gasteiger partial charge is 0.481 e. The van der Waals surface area contributed by atoms with Gasteiger partial charge in [-0.15, -0.1) is 0 Å². The molecule has 1 aliphatic heterocycles. The molecule has 294 valence electrons. The summed E-state index contributed by atoms with van der Waals surface area (Å²) in [6, 6.07) is 0. The normalized spacial score (nSPS) is 54.9. The first kappa shape index (κ1) is 37.8. The van der Waals surface area contributed by atoms with E-state index < -0.39 is 53.6 Å². The second kappa shape index (κ2) is 12.7. The van der Waals surface area contributed by atoms with Crippen LogP contribution in [-0.4, -0.2) is 98.3 Å². The Hall–Kier alpha value is -1.11. The van der Waals surface area contributed by atoms with Gasteiger partial charge in [-0.25, -0.2) is 0 Å². The van der Waals surface area contributed by atoms with Gasteiger partial charge in [-0.1, -0.05) is 58.1 Å². The molecule has 8 aliphatic rings. The maximum atomic E-state index is 13.3. The lowest BCUT2D eigenvalue weighted by molar-refractivity contribution is -0.354. The topological polar surface area (TPSA) is 177 Å². The highest BCUT2D eigenvalue weighted by Gasteiger charge is 2.80. The van der Waals surface area contributed by atoms with Crippen LogP contribution in [0.25, 0.3) is 0 Å². The van der Waals surface area contributed by atoms with E-state index in [0.29, 0.717) is 31.6 Å². The van der Waals surface area contributed by atoms with Crippen LogP contribution in [-0.2, 0) is 14.3 Å². The van der Waals surface area contributed by atoms with Crippen molar-refractivity contribution in [3.8, 4) is 0 Å². The number of hydrogen-bond acceptors (Lipinski definition) is 9. The summed E-state index contributed by atoms with van der Waals surface area (Å²) in [6.07, 6.45) is 10.8. The Kier molecular flexibility index (Phi) is 9.23. The number of ether oxygens (including phenoxy) is 2. The van der Waals surface area contributed by atoms with Gasteiger partial charge >= 0.3 is 5.97 Å². The first-order valence-corrected chi connectivity index (χ1v) is 20.8. The standard InChI is InChI=1S/C42H66O10/c1-36(23-43)16-17-39(35(49)50)18-19-40-12-7-13-41(15-10-26(40)27(39)20-36)38(40,3)14-11-30-37(2,24-44)33(52-34-32(48)31(47)29(46)22-51-34)28(45)21-42(30,41)25-8-5-4-6-9-25/h10,25,27-34,43-48H,4-9,11-24H2,1-3H3,(H,49,50). The number of carbonyl (C=O) groups is 1. The highest BCUT2D eigenvalue weighted by Crippen LogP contribution is 2.85. The minimum atomic E-state index is -1.49. The minimum absolute atomic E-state index is 0.0185. The van der Waals surface area contributed by atoms with Crippen LogP contribution in [0.5, 0.6) is 0 Å². The average molecular weight is 731 g/mol. The molecule has 7 N–H and O–H groups in total. The Morgan fingerprint density at radius 3 is 2.25 bits per heavy atom. The third kappa shape index (κ3) is 4.67. The second-order valence-corrected chi connectivity index (χ2v) is 20.1. The minimum Gasteiger partial charge on any atom is -0.481 e. The third-order valence-corrected chi connectivity index (χ3v) is 18.5. The van der Waals surface area contributed by atoms with E-state index in [4.69, 9.17) is 9.47 Å². The molecule has 0 amide bonds. The molecule has 10 heteroatoms. The number of hydrogen-bond donors (Lipinski definition) is 7. The van der Waals surface area contributed by atoms with Crippen LogP contribution in [0.15, 0.2) is 11.6 Å². The second-order valence-electron chi connectivity index (χ2n) is 20.1. The number of aliphatic carboxylic acids is 1. The van der Waals surface area contributed by atoms with Crippen molar-refractivity contribution in [3.05, 3.63) is 11.6 Å². The van der Waals surface area contributed by atoms with Crippen molar-refractivity contribution in [2.75, 3.05) is 19.8 Å². The van der Waals surface area contributed by atoms with E-state index in [1.54, 1.807) is 0 Å². The van der Waals surface area contributed by atoms with Gasteiger partial charge in [0.05, 0.1) is 30.8 Å². The van der Waals surface area contributed by atoms with Crippen molar-refractivity contribution < 1.29 is 50.0 Å². The van der Waals surface area contributed by atoms with Crippen LogP contribution in [0, 0.1) is 55.7 Å². The van der Waals surface area contributed by atoms with Crippen LogP contribution >= 0.6 is 0 Å². The smallest absolute Gasteiger partial charge is 0.310 e. The first-order valence-electron chi connectivity index (χ1n) is 20.8. The van der Waals surface area contributed by atoms with Crippen molar-refractivity contribution >= 4 is 5.97 Å². The van der Waals surface area contributed by atoms with Gasteiger partial charge in [-0.3, -0.25) is 4.79 Å². The Labute approximate surface area is 309 Å². The number of aliphatic hydroxyl groups excluding tert-OH is 6. The van der Waals surface area contributed by atoms with Crippen molar-refractivity contribution in [2.45, 2.75) is 167 Å². The Balaban J connectivity index is 1.26. The Bertz CT molecular complexity index is 1430. The molecule has 0 aromatic heterocycles. The lowest BCUT2D eigenvalue weighted by Gasteiger charge is -2.81. The van der Waals surface area contributed by atoms with Crippen LogP contribution in [0.2, 0.25) is 0 Å². The lowest BCUT2D eigenvalue weighted by Crippen LogP contribution is -2.76. The summed E-state index contributed by atoms with van der Waals surface area (Å²) >= 11 is 0. The monoisotopic (exact) mass is 730 g/mol. The van der Waals surface area contributed by atoms with E-state index in [1.807, 2.05) is 0 Å². The fourth-order valence-electron chi connectivity index (χ4n) is 15.9. The molecule has 6 saturated carbocycles. The van der Waals surface area contributed by atoms with Gasteiger partial charge < -0.3 is 45.2 Å². The van der Waals surface area contributed by atoms with E-state index in [0.717, 1.165) is 77.0 Å². The van der Waals surface area contributed by atoms with Gasteiger partial charge in [0.25, 0.3) is 0 Å². The van der Waals surface area contributed by atoms with Crippen LogP contribution in [0.1, 0.15) is 130 Å². The molecule has 10 nitrogen and oxygen atoms in total. The molecule has 0 aromatic carbocycles. The quantitative estimate of drug-likeness (QED) is 0.150. The molecule has 0 radical (unpaired) electrons. The zero-order chi connectivity index (χ0) is 37.1. The van der Waals surface area contributed by atoms with Crippen molar-refractivity contribution in [3.63, 3.8) is 0 Å². The van der Waals surface area contributed by atoms with E-state index in [9.17, 15) is 40.5 Å². The summed E-state index contributed by atoms with van der Waals surface area (Å²) in [4.78, 5) is 13.3. The summed E-state index contributed by atoms with van der Waals surface area (Å²) in [5, 5.41) is 77.1. The third-order valence-electron chi connectivity index (χ3n) is 18.5. The zero-order valence-electron chi connectivity index (χ0n) is 31.8. The van der Waals surface area contributed by atoms with E-state index in [2.05, 4.69) is 26.8 Å². The molecule has 1 saturated heterocycles. The SMILES string of the molecule is CC1(CO)CCC2(C(=O)O)CCC34CCCC5(CC=C3C2C1)C1(C2CCCCC2)CC(O)C(OC2OCC(O)C(O)C2O)C(C)(CO)C1CCC45C. The molecule has 15 atom stereocenters. The molecule has 1 spiro atoms. The van der Waals surface area contributed by atoms with Gasteiger partial charge in [0.1, 0.15) is 18.3 Å². The number of rotatable bonds is 6. The fourth-order valence-corrected chi connectivity index (χ4v) is 15.9. The highest BCUT2D eigenvalue weighted by molar-refractivity contribution is 5.76. The maximum Gasteiger partial charge on any atom is 0.310 e. The molecule has 1 heterocycles. The molecule has 8 rings (SSSR count). The number of allylic oxidation sites excluding steroid dienone is 2. The summed E-state index contributed by atoms with van der Waals surface area (Å²) in [7, 11) is 0. The summed E-state index contributed by atoms with van der Waals surface area (Å²) in [5.41, 5.74) is -1.38. The van der Waals surface area contributed by atoms with E-state index in [-0.39, 0.29) is 58.7 Å². The molecule has 2 bridgehead atoms. The van der Waals surface area contributed by atoms with Crippen molar-refractivity contribution in [1.29, 1.82) is 0 Å². The number of carboxylic acid groups (broad SMARTS) is 1. The summed E-state index contributed by atoms with van der Waals surface area (Å²) in [6.45, 7) is 6.41. The molecular formula is C42H66O10. The summed E-state index contributed by atoms with van der Waals surface area (Å²) in [5.74, 6) is -0.401. The van der Waals surface area contributed by atoms with Gasteiger partial charge in [0, 0.05) is 12.0 Å². The van der Waals surface area contributed by atoms with Gasteiger partial charge in [0.2, 0.25) is 0 Å². The Morgan fingerprint density at radius 1 is 0.827 bits per heavy atom.